The molecule has 146 valence electrons. The van der Waals surface area contributed by atoms with Gasteiger partial charge in [-0.2, -0.15) is 13.2 Å². The molecule has 2 aromatic heterocycles. The van der Waals surface area contributed by atoms with E-state index in [4.69, 9.17) is 27.9 Å². The Kier molecular flexibility index (Phi) is 5.62. The fourth-order valence-corrected chi connectivity index (χ4v) is 2.93. The maximum absolute atomic E-state index is 13.6. The van der Waals surface area contributed by atoms with E-state index in [0.717, 1.165) is 0 Å². The number of hydrogen-bond donors (Lipinski definition) is 1. The molecule has 0 aliphatic heterocycles. The Morgan fingerprint density at radius 1 is 1.18 bits per heavy atom. The second-order valence-electron chi connectivity index (χ2n) is 5.72. The summed E-state index contributed by atoms with van der Waals surface area (Å²) in [5, 5.41) is 0.432. The number of aromatic amines is 1. The minimum atomic E-state index is -4.84. The zero-order valence-electron chi connectivity index (χ0n) is 14.3. The fourth-order valence-electron chi connectivity index (χ4n) is 2.61. The van der Waals surface area contributed by atoms with Gasteiger partial charge in [0, 0.05) is 12.6 Å². The quantitative estimate of drug-likeness (QED) is 0.649. The van der Waals surface area contributed by atoms with Crippen LogP contribution in [0.25, 0.3) is 11.4 Å². The lowest BCUT2D eigenvalue weighted by atomic mass is 10.0. The van der Waals surface area contributed by atoms with Crippen LogP contribution in [0.15, 0.2) is 41.3 Å². The maximum Gasteiger partial charge on any atom is 0.433 e. The first-order valence-corrected chi connectivity index (χ1v) is 8.60. The molecule has 0 spiro atoms. The summed E-state index contributed by atoms with van der Waals surface area (Å²) in [6.07, 6.45) is -3.76. The number of H-pyrrole nitrogens is 1. The van der Waals surface area contributed by atoms with Gasteiger partial charge in [0.15, 0.2) is 5.69 Å². The summed E-state index contributed by atoms with van der Waals surface area (Å²) in [5.41, 5.74) is -2.22. The largest absolute Gasteiger partial charge is 0.480 e. The molecule has 0 aliphatic rings. The molecule has 0 saturated carbocycles. The maximum atomic E-state index is 13.6. The van der Waals surface area contributed by atoms with Crippen LogP contribution in [0.5, 0.6) is 5.88 Å². The van der Waals surface area contributed by atoms with Crippen LogP contribution in [0, 0.1) is 0 Å². The van der Waals surface area contributed by atoms with Crippen molar-refractivity contribution in [2.24, 2.45) is 0 Å². The van der Waals surface area contributed by atoms with Gasteiger partial charge in [-0.1, -0.05) is 29.3 Å². The highest BCUT2D eigenvalue weighted by Gasteiger charge is 2.37. The van der Waals surface area contributed by atoms with Gasteiger partial charge in [-0.25, -0.2) is 9.97 Å². The van der Waals surface area contributed by atoms with Crippen molar-refractivity contribution in [1.82, 2.24) is 15.0 Å². The number of nitrogens with one attached hydrogen (secondary N) is 1. The van der Waals surface area contributed by atoms with Gasteiger partial charge < -0.3 is 9.72 Å². The Balaban J connectivity index is 2.16. The first-order valence-electron chi connectivity index (χ1n) is 7.84. The van der Waals surface area contributed by atoms with Crippen LogP contribution in [0.2, 0.25) is 10.0 Å². The molecule has 1 aromatic carbocycles. The Morgan fingerprint density at radius 2 is 1.93 bits per heavy atom. The zero-order chi connectivity index (χ0) is 20.5. The van der Waals surface area contributed by atoms with E-state index in [2.05, 4.69) is 15.0 Å². The van der Waals surface area contributed by atoms with E-state index < -0.39 is 23.0 Å². The lowest BCUT2D eigenvalue weighted by molar-refractivity contribution is -0.141. The molecule has 0 fully saturated rings. The van der Waals surface area contributed by atoms with Crippen molar-refractivity contribution < 1.29 is 17.9 Å². The first-order chi connectivity index (χ1) is 13.2. The van der Waals surface area contributed by atoms with E-state index in [1.807, 2.05) is 0 Å². The molecule has 28 heavy (non-hydrogen) atoms. The number of halogens is 5. The van der Waals surface area contributed by atoms with E-state index in [1.54, 1.807) is 0 Å². The highest BCUT2D eigenvalue weighted by molar-refractivity contribution is 6.42. The van der Waals surface area contributed by atoms with Crippen molar-refractivity contribution in [1.29, 1.82) is 0 Å². The predicted molar refractivity (Wildman–Crippen MR) is 98.9 cm³/mol. The number of ether oxygens (including phenoxy) is 1. The smallest absolute Gasteiger partial charge is 0.433 e. The molecule has 0 unspecified atom stereocenters. The summed E-state index contributed by atoms with van der Waals surface area (Å²) < 4.78 is 46.0. The highest BCUT2D eigenvalue weighted by atomic mass is 35.5. The molecule has 0 bridgehead atoms. The molecule has 10 heteroatoms. The van der Waals surface area contributed by atoms with E-state index in [9.17, 15) is 18.0 Å². The highest BCUT2D eigenvalue weighted by Crippen LogP contribution is 2.33. The van der Waals surface area contributed by atoms with Gasteiger partial charge in [-0.05, 0) is 29.8 Å². The molecule has 1 N–H and O–H groups in total. The number of hydrogen-bond acceptors (Lipinski definition) is 4. The Hall–Kier alpha value is -2.58. The number of methoxy groups -OCH3 is 1. The second-order valence-corrected chi connectivity index (χ2v) is 6.54. The zero-order valence-corrected chi connectivity index (χ0v) is 15.8. The number of alkyl halides is 3. The molecule has 0 atom stereocenters. The SMILES string of the molecule is COc1ncccc1-c1nc(C(F)(F)F)c(Cc2ccc(Cl)c(Cl)c2)c(=O)[nH]1. The van der Waals surface area contributed by atoms with Gasteiger partial charge in [-0.3, -0.25) is 4.79 Å². The van der Waals surface area contributed by atoms with E-state index in [1.165, 1.54) is 43.6 Å². The van der Waals surface area contributed by atoms with Crippen molar-refractivity contribution in [2.45, 2.75) is 12.6 Å². The van der Waals surface area contributed by atoms with Crippen molar-refractivity contribution in [3.05, 3.63) is 73.7 Å². The first kappa shape index (κ1) is 20.2. The van der Waals surface area contributed by atoms with E-state index in [-0.39, 0.29) is 33.7 Å². The Bertz CT molecular complexity index is 1080. The third-order valence-electron chi connectivity index (χ3n) is 3.87. The van der Waals surface area contributed by atoms with Crippen molar-refractivity contribution in [3.63, 3.8) is 0 Å². The summed E-state index contributed by atoms with van der Waals surface area (Å²) in [5.74, 6) is -0.254. The summed E-state index contributed by atoms with van der Waals surface area (Å²) in [6.45, 7) is 0. The Morgan fingerprint density at radius 3 is 2.57 bits per heavy atom. The molecule has 5 nitrogen and oxygen atoms in total. The molecule has 2 heterocycles. The average molecular weight is 430 g/mol. The molecular weight excluding hydrogens is 418 g/mol. The number of pyridine rings is 1. The molecule has 3 aromatic rings. The summed E-state index contributed by atoms with van der Waals surface area (Å²) in [7, 11) is 1.31. The molecule has 0 saturated heterocycles. The van der Waals surface area contributed by atoms with Gasteiger partial charge in [0.25, 0.3) is 5.56 Å². The average Bonchev–Trinajstić information content (AvgIpc) is 2.65. The van der Waals surface area contributed by atoms with Crippen LogP contribution in [-0.4, -0.2) is 22.1 Å². The van der Waals surface area contributed by atoms with E-state index >= 15 is 0 Å². The molecular formula is C18H12Cl2F3N3O2. The topological polar surface area (TPSA) is 67.9 Å². The number of aromatic nitrogens is 3. The standard InChI is InChI=1S/C18H12Cl2F3N3O2/c1-28-17-10(3-2-6-24-17)15-25-14(18(21,22)23)11(16(27)26-15)7-9-4-5-12(19)13(20)8-9/h2-6,8H,7H2,1H3,(H,25,26,27). The molecule has 0 aliphatic carbocycles. The van der Waals surface area contributed by atoms with Gasteiger partial charge in [0.05, 0.1) is 28.3 Å². The monoisotopic (exact) mass is 429 g/mol. The van der Waals surface area contributed by atoms with Crippen LogP contribution < -0.4 is 10.3 Å². The Labute approximate surface area is 167 Å². The van der Waals surface area contributed by atoms with Crippen LogP contribution in [0.4, 0.5) is 13.2 Å². The van der Waals surface area contributed by atoms with Crippen LogP contribution in [-0.2, 0) is 12.6 Å². The van der Waals surface area contributed by atoms with Crippen molar-refractivity contribution >= 4 is 23.2 Å². The summed E-state index contributed by atoms with van der Waals surface area (Å²) >= 11 is 11.7. The third-order valence-corrected chi connectivity index (χ3v) is 4.61. The number of rotatable bonds is 4. The lowest BCUT2D eigenvalue weighted by Gasteiger charge is -2.14. The van der Waals surface area contributed by atoms with Gasteiger partial charge in [0.1, 0.15) is 5.82 Å². The van der Waals surface area contributed by atoms with Gasteiger partial charge in [-0.15, -0.1) is 0 Å². The van der Waals surface area contributed by atoms with Crippen molar-refractivity contribution in [3.8, 4) is 17.3 Å². The predicted octanol–water partition coefficient (Wildman–Crippen LogP) is 4.76. The normalized spacial score (nSPS) is 11.5. The van der Waals surface area contributed by atoms with Crippen LogP contribution in [0.3, 0.4) is 0 Å². The lowest BCUT2D eigenvalue weighted by Crippen LogP contribution is -2.24. The third kappa shape index (κ3) is 4.13. The van der Waals surface area contributed by atoms with Gasteiger partial charge in [0.2, 0.25) is 5.88 Å². The second kappa shape index (κ2) is 7.81. The summed E-state index contributed by atoms with van der Waals surface area (Å²) in [4.78, 5) is 22.5. The number of nitrogens with zero attached hydrogens (tertiary/aromatic N) is 2. The molecule has 3 rings (SSSR count). The number of benzene rings is 1. The fraction of sp³-hybridized carbons (Fsp3) is 0.167. The van der Waals surface area contributed by atoms with Crippen molar-refractivity contribution in [2.75, 3.05) is 7.11 Å². The van der Waals surface area contributed by atoms with Gasteiger partial charge >= 0.3 is 6.18 Å². The molecule has 0 amide bonds. The molecule has 0 radical (unpaired) electrons. The summed E-state index contributed by atoms with van der Waals surface area (Å²) in [6, 6.07) is 7.29. The van der Waals surface area contributed by atoms with Crippen LogP contribution >= 0.6 is 23.2 Å². The van der Waals surface area contributed by atoms with E-state index in [0.29, 0.717) is 5.56 Å². The van der Waals surface area contributed by atoms with Crippen LogP contribution in [0.1, 0.15) is 16.8 Å². The minimum absolute atomic E-state index is 0.0380. The minimum Gasteiger partial charge on any atom is -0.480 e.